The number of ether oxygens (including phenoxy) is 1. The molecule has 0 aromatic rings. The molecular weight excluding hydrogens is 335 g/mol. The Morgan fingerprint density at radius 2 is 2.09 bits per heavy atom. The van der Waals surface area contributed by atoms with E-state index in [-0.39, 0.29) is 19.6 Å². The van der Waals surface area contributed by atoms with Gasteiger partial charge in [0.2, 0.25) is 5.91 Å². The molecule has 0 bridgehead atoms. The maximum absolute atomic E-state index is 11.7. The fourth-order valence-electron chi connectivity index (χ4n) is 1.98. The molecule has 6 atom stereocenters. The number of rotatable bonds is 8. The van der Waals surface area contributed by atoms with Crippen LogP contribution in [0.4, 0.5) is 0 Å². The van der Waals surface area contributed by atoms with Gasteiger partial charge in [0, 0.05) is 6.92 Å². The van der Waals surface area contributed by atoms with Gasteiger partial charge in [-0.05, 0) is 13.0 Å². The zero-order valence-corrected chi connectivity index (χ0v) is 13.4. The van der Waals surface area contributed by atoms with Crippen LogP contribution in [0.3, 0.4) is 0 Å². The van der Waals surface area contributed by atoms with E-state index >= 15 is 0 Å². The van der Waals surface area contributed by atoms with Gasteiger partial charge in [0.1, 0.15) is 24.4 Å². The fraction of sp³-hybridized carbons (Fsp3) is 0.909. The van der Waals surface area contributed by atoms with Crippen molar-refractivity contribution in [3.63, 3.8) is 0 Å². The molecule has 12 heteroatoms. The first-order valence-electron chi connectivity index (χ1n) is 6.95. The SMILES string of the molecule is CC(=O)N[C@H]1[C@@H](OP(=O)([O-])OCCCN)O[C@H](CO)[C@@H](O)[C@@H]1O. The van der Waals surface area contributed by atoms with Crippen molar-refractivity contribution >= 4 is 13.7 Å². The highest BCUT2D eigenvalue weighted by atomic mass is 31.2. The second kappa shape index (κ2) is 9.02. The largest absolute Gasteiger partial charge is 0.756 e. The summed E-state index contributed by atoms with van der Waals surface area (Å²) in [6.07, 6.45) is -5.84. The normalized spacial score (nSPS) is 33.9. The Hall–Kier alpha value is -0.620. The van der Waals surface area contributed by atoms with Gasteiger partial charge < -0.3 is 40.5 Å². The summed E-state index contributed by atoms with van der Waals surface area (Å²) in [6, 6.07) is -1.37. The van der Waals surface area contributed by atoms with Crippen molar-refractivity contribution in [3.05, 3.63) is 0 Å². The Labute approximate surface area is 133 Å². The highest BCUT2D eigenvalue weighted by Gasteiger charge is 2.46. The van der Waals surface area contributed by atoms with Crippen LogP contribution in [0.15, 0.2) is 0 Å². The van der Waals surface area contributed by atoms with Gasteiger partial charge in [0.05, 0.1) is 13.2 Å². The van der Waals surface area contributed by atoms with Crippen LogP contribution < -0.4 is 15.9 Å². The number of hydrogen-bond donors (Lipinski definition) is 5. The van der Waals surface area contributed by atoms with Crippen LogP contribution in [-0.2, 0) is 23.1 Å². The maximum atomic E-state index is 11.7. The highest BCUT2D eigenvalue weighted by Crippen LogP contribution is 2.42. The fourth-order valence-corrected chi connectivity index (χ4v) is 2.83. The smallest absolute Gasteiger partial charge is 0.270 e. The number of phosphoric acid groups is 1. The number of phosphoric ester groups is 1. The van der Waals surface area contributed by atoms with Crippen LogP contribution in [0.1, 0.15) is 13.3 Å². The summed E-state index contributed by atoms with van der Waals surface area (Å²) >= 11 is 0. The molecule has 1 amide bonds. The summed E-state index contributed by atoms with van der Waals surface area (Å²) in [5, 5.41) is 31.1. The molecule has 0 saturated carbocycles. The lowest BCUT2D eigenvalue weighted by atomic mass is 9.97. The van der Waals surface area contributed by atoms with Crippen molar-refractivity contribution in [2.45, 2.75) is 44.0 Å². The van der Waals surface area contributed by atoms with E-state index in [2.05, 4.69) is 9.84 Å². The Bertz CT molecular complexity index is 438. The Morgan fingerprint density at radius 3 is 2.61 bits per heavy atom. The lowest BCUT2D eigenvalue weighted by molar-refractivity contribution is -0.283. The van der Waals surface area contributed by atoms with E-state index in [1.54, 1.807) is 0 Å². The van der Waals surface area contributed by atoms with E-state index in [9.17, 15) is 24.5 Å². The van der Waals surface area contributed by atoms with Crippen molar-refractivity contribution in [3.8, 4) is 0 Å². The summed E-state index contributed by atoms with van der Waals surface area (Å²) in [4.78, 5) is 22.9. The number of nitrogens with two attached hydrogens (primary N) is 1. The molecule has 136 valence electrons. The number of amides is 1. The number of hydrogen-bond acceptors (Lipinski definition) is 10. The summed E-state index contributed by atoms with van der Waals surface area (Å²) in [5.41, 5.74) is 5.22. The highest BCUT2D eigenvalue weighted by molar-refractivity contribution is 7.45. The van der Waals surface area contributed by atoms with Gasteiger partial charge in [-0.1, -0.05) is 0 Å². The minimum atomic E-state index is -4.81. The monoisotopic (exact) mass is 357 g/mol. The van der Waals surface area contributed by atoms with Crippen LogP contribution in [0.25, 0.3) is 0 Å². The van der Waals surface area contributed by atoms with Crippen LogP contribution >= 0.6 is 7.82 Å². The molecule has 0 aromatic heterocycles. The molecular formula is C11H22N2O9P-. The molecule has 0 aliphatic carbocycles. The lowest BCUT2D eigenvalue weighted by Crippen LogP contribution is -2.64. The average Bonchev–Trinajstić information content (AvgIpc) is 2.46. The topological polar surface area (TPSA) is 184 Å². The molecule has 0 radical (unpaired) electrons. The number of aliphatic hydroxyl groups is 3. The van der Waals surface area contributed by atoms with Gasteiger partial charge in [-0.15, -0.1) is 0 Å². The summed E-state index contributed by atoms with van der Waals surface area (Å²) < 4.78 is 26.1. The second-order valence-corrected chi connectivity index (χ2v) is 6.32. The van der Waals surface area contributed by atoms with E-state index in [0.717, 1.165) is 6.92 Å². The summed E-state index contributed by atoms with van der Waals surface area (Å²) in [7, 11) is -4.81. The van der Waals surface area contributed by atoms with Crippen molar-refractivity contribution in [2.75, 3.05) is 19.8 Å². The number of nitrogens with one attached hydrogen (secondary N) is 1. The third-order valence-corrected chi connectivity index (χ3v) is 4.05. The van der Waals surface area contributed by atoms with Crippen LogP contribution in [0, 0.1) is 0 Å². The molecule has 0 aromatic carbocycles. The minimum absolute atomic E-state index is 0.205. The van der Waals surface area contributed by atoms with Crippen molar-refractivity contribution < 1.29 is 43.4 Å². The second-order valence-electron chi connectivity index (χ2n) is 4.96. The molecule has 1 heterocycles. The van der Waals surface area contributed by atoms with E-state index < -0.39 is 51.0 Å². The lowest BCUT2D eigenvalue weighted by Gasteiger charge is -2.43. The number of aliphatic hydroxyl groups excluding tert-OH is 3. The molecule has 1 aliphatic rings. The zero-order valence-electron chi connectivity index (χ0n) is 12.5. The van der Waals surface area contributed by atoms with Gasteiger partial charge in [-0.2, -0.15) is 0 Å². The molecule has 1 saturated heterocycles. The van der Waals surface area contributed by atoms with Gasteiger partial charge in [0.25, 0.3) is 7.82 Å². The van der Waals surface area contributed by atoms with Crippen molar-refractivity contribution in [2.24, 2.45) is 5.73 Å². The Balaban J connectivity index is 2.84. The first-order valence-corrected chi connectivity index (χ1v) is 8.41. The van der Waals surface area contributed by atoms with E-state index in [0.29, 0.717) is 0 Å². The van der Waals surface area contributed by atoms with E-state index in [1.165, 1.54) is 0 Å². The van der Waals surface area contributed by atoms with E-state index in [1.807, 2.05) is 0 Å². The van der Waals surface area contributed by atoms with Crippen molar-refractivity contribution in [1.29, 1.82) is 0 Å². The molecule has 11 nitrogen and oxygen atoms in total. The third-order valence-electron chi connectivity index (χ3n) is 3.08. The molecule has 6 N–H and O–H groups in total. The van der Waals surface area contributed by atoms with Crippen molar-refractivity contribution in [1.82, 2.24) is 5.32 Å². The van der Waals surface area contributed by atoms with Gasteiger partial charge >= 0.3 is 0 Å². The van der Waals surface area contributed by atoms with Gasteiger partial charge in [-0.25, -0.2) is 0 Å². The Morgan fingerprint density at radius 1 is 1.43 bits per heavy atom. The van der Waals surface area contributed by atoms with E-state index in [4.69, 9.17) is 20.1 Å². The minimum Gasteiger partial charge on any atom is -0.756 e. The first kappa shape index (κ1) is 20.4. The predicted molar refractivity (Wildman–Crippen MR) is 73.7 cm³/mol. The molecule has 1 rings (SSSR count). The molecule has 23 heavy (non-hydrogen) atoms. The zero-order chi connectivity index (χ0) is 17.6. The third kappa shape index (κ3) is 6.07. The quantitative estimate of drug-likeness (QED) is 0.219. The molecule has 0 spiro atoms. The maximum Gasteiger partial charge on any atom is 0.270 e. The van der Waals surface area contributed by atoms with Gasteiger partial charge in [-0.3, -0.25) is 13.9 Å². The average molecular weight is 357 g/mol. The Kier molecular flexibility index (Phi) is 8.01. The number of carbonyl (C=O) groups excluding carboxylic acids is 1. The van der Waals surface area contributed by atoms with Crippen LogP contribution in [0.5, 0.6) is 0 Å². The van der Waals surface area contributed by atoms with Gasteiger partial charge in [0.15, 0.2) is 6.29 Å². The summed E-state index contributed by atoms with van der Waals surface area (Å²) in [5.74, 6) is -0.606. The summed E-state index contributed by atoms with van der Waals surface area (Å²) in [6.45, 7) is 0.445. The molecule has 1 aliphatic heterocycles. The number of carbonyl (C=O) groups is 1. The predicted octanol–water partition coefficient (Wildman–Crippen LogP) is -3.22. The first-order chi connectivity index (χ1) is 10.7. The van der Waals surface area contributed by atoms with Crippen LogP contribution in [-0.4, -0.2) is 71.6 Å². The van der Waals surface area contributed by atoms with Crippen LogP contribution in [0.2, 0.25) is 0 Å². The molecule has 1 fully saturated rings. The standard InChI is InChI=1S/C11H23N2O9P/c1-6(15)13-8-10(17)9(16)7(5-14)21-11(8)22-23(18,19)20-4-2-3-12/h7-11,14,16-17H,2-5,12H2,1H3,(H,13,15)(H,18,19)/p-1/t7-,8-,9-,10-,11-/m1/s1. The molecule has 1 unspecified atom stereocenters.